The lowest BCUT2D eigenvalue weighted by molar-refractivity contribution is -0.114. The van der Waals surface area contributed by atoms with Crippen LogP contribution in [0.25, 0.3) is 17.0 Å². The number of benzene rings is 2. The fourth-order valence-corrected chi connectivity index (χ4v) is 5.88. The molecule has 0 radical (unpaired) electrons. The highest BCUT2D eigenvalue weighted by molar-refractivity contribution is 8.16. The number of aryl methyl sites for hydroxylation is 2. The molecule has 184 valence electrons. The molecule has 0 saturated carbocycles. The summed E-state index contributed by atoms with van der Waals surface area (Å²) in [6.45, 7) is 5.11. The van der Waals surface area contributed by atoms with E-state index in [1.165, 1.54) is 11.1 Å². The monoisotopic (exact) mass is 521 g/mol. The van der Waals surface area contributed by atoms with Crippen molar-refractivity contribution in [2.24, 2.45) is 9.39 Å². The van der Waals surface area contributed by atoms with E-state index >= 15 is 0 Å². The van der Waals surface area contributed by atoms with Crippen LogP contribution in [0.3, 0.4) is 0 Å². The van der Waals surface area contributed by atoms with Gasteiger partial charge in [0.25, 0.3) is 5.91 Å². The van der Waals surface area contributed by atoms with Crippen molar-refractivity contribution < 1.29 is 17.9 Å². The van der Waals surface area contributed by atoms with Crippen LogP contribution in [-0.4, -0.2) is 52.8 Å². The maximum atomic E-state index is 12.8. The quantitative estimate of drug-likeness (QED) is 0.401. The highest BCUT2D eigenvalue weighted by atomic mass is 32.2. The van der Waals surface area contributed by atoms with Gasteiger partial charge in [0.05, 0.1) is 24.1 Å². The molecule has 0 atom stereocenters. The number of fused-ring (bicyclic) bond motifs is 2. The van der Waals surface area contributed by atoms with Crippen LogP contribution < -0.4 is 4.74 Å². The van der Waals surface area contributed by atoms with Gasteiger partial charge in [-0.15, -0.1) is 0 Å². The fourth-order valence-electron chi connectivity index (χ4n) is 4.03. The highest BCUT2D eigenvalue weighted by Crippen LogP contribution is 2.31. The molecule has 11 heteroatoms. The van der Waals surface area contributed by atoms with Gasteiger partial charge in [-0.05, 0) is 49.2 Å². The number of carbonyl (C=O) groups excluding carboxylic acids is 1. The normalized spacial score (nSPS) is 17.0. The third kappa shape index (κ3) is 4.35. The van der Waals surface area contributed by atoms with Gasteiger partial charge in [-0.2, -0.15) is 9.39 Å². The number of aromatic nitrogens is 1. The molecule has 36 heavy (non-hydrogen) atoms. The molecule has 2 aliphatic heterocycles. The first kappa shape index (κ1) is 24.0. The number of carbonyl (C=O) groups is 1. The van der Waals surface area contributed by atoms with Gasteiger partial charge in [-0.25, -0.2) is 13.3 Å². The van der Waals surface area contributed by atoms with Crippen molar-refractivity contribution in [3.63, 3.8) is 0 Å². The number of nitrogens with zero attached hydrogens (tertiary/aromatic N) is 4. The fraction of sp³-hybridized carbons (Fsp3) is 0.200. The number of aliphatic imine (C=N–C) groups is 1. The van der Waals surface area contributed by atoms with E-state index < -0.39 is 15.7 Å². The lowest BCUT2D eigenvalue weighted by atomic mass is 10.1. The Morgan fingerprint density at radius 2 is 1.92 bits per heavy atom. The molecular formula is C25H23N5O4S2. The molecule has 0 spiro atoms. The number of sulfone groups is 1. The number of para-hydroxylation sites is 1. The largest absolute Gasteiger partial charge is 0.492 e. The van der Waals surface area contributed by atoms with E-state index in [0.29, 0.717) is 18.7 Å². The zero-order valence-corrected chi connectivity index (χ0v) is 21.5. The Labute approximate surface area is 212 Å². The molecule has 3 aromatic rings. The Hall–Kier alpha value is -3.70. The smallest absolute Gasteiger partial charge is 0.283 e. The van der Waals surface area contributed by atoms with E-state index in [2.05, 4.69) is 16.3 Å². The molecule has 2 aliphatic rings. The summed E-state index contributed by atoms with van der Waals surface area (Å²) in [4.78, 5) is 17.8. The minimum absolute atomic E-state index is 0.00752. The molecule has 0 aliphatic carbocycles. The van der Waals surface area contributed by atoms with Crippen LogP contribution in [0.4, 0.5) is 0 Å². The average molecular weight is 522 g/mol. The summed E-state index contributed by atoms with van der Waals surface area (Å²) in [5, 5.41) is 9.23. The van der Waals surface area contributed by atoms with Crippen molar-refractivity contribution in [3.05, 3.63) is 70.9 Å². The van der Waals surface area contributed by atoms with Gasteiger partial charge in [0.1, 0.15) is 18.2 Å². The van der Waals surface area contributed by atoms with Crippen LogP contribution in [-0.2, 0) is 21.2 Å². The first-order valence-electron chi connectivity index (χ1n) is 11.1. The van der Waals surface area contributed by atoms with Gasteiger partial charge in [0.2, 0.25) is 20.2 Å². The van der Waals surface area contributed by atoms with Crippen LogP contribution in [0.2, 0.25) is 0 Å². The van der Waals surface area contributed by atoms with E-state index in [4.69, 9.17) is 10.1 Å². The third-order valence-corrected chi connectivity index (χ3v) is 7.78. The number of rotatable bonds is 5. The second kappa shape index (κ2) is 9.07. The Morgan fingerprint density at radius 3 is 2.67 bits per heavy atom. The predicted octanol–water partition coefficient (Wildman–Crippen LogP) is 3.96. The minimum Gasteiger partial charge on any atom is -0.492 e. The zero-order valence-electron chi connectivity index (χ0n) is 19.8. The van der Waals surface area contributed by atoms with E-state index in [9.17, 15) is 13.2 Å². The summed E-state index contributed by atoms with van der Waals surface area (Å²) >= 11 is 0.770. The number of nitrogens with one attached hydrogen (secondary N) is 1. The topological polar surface area (TPSA) is 117 Å². The molecule has 0 unspecified atom stereocenters. The molecule has 9 nitrogen and oxygen atoms in total. The predicted molar refractivity (Wildman–Crippen MR) is 143 cm³/mol. The summed E-state index contributed by atoms with van der Waals surface area (Å²) in [7, 11) is -3.71. The number of hydrogen-bond donors (Lipinski definition) is 1. The van der Waals surface area contributed by atoms with Crippen molar-refractivity contribution >= 4 is 60.8 Å². The third-order valence-electron chi connectivity index (χ3n) is 6.02. The van der Waals surface area contributed by atoms with Gasteiger partial charge < -0.3 is 9.30 Å². The van der Waals surface area contributed by atoms with Gasteiger partial charge in [0, 0.05) is 28.9 Å². The van der Waals surface area contributed by atoms with E-state index in [-0.39, 0.29) is 21.7 Å². The van der Waals surface area contributed by atoms with Crippen LogP contribution in [0, 0.1) is 19.3 Å². The molecule has 3 heterocycles. The number of hydrogen-bond acceptors (Lipinski definition) is 7. The highest BCUT2D eigenvalue weighted by Gasteiger charge is 2.41. The van der Waals surface area contributed by atoms with E-state index in [0.717, 1.165) is 39.8 Å². The lowest BCUT2D eigenvalue weighted by Gasteiger charge is -2.23. The van der Waals surface area contributed by atoms with Crippen molar-refractivity contribution in [2.75, 3.05) is 12.9 Å². The summed E-state index contributed by atoms with van der Waals surface area (Å²) in [6.07, 6.45) is 4.48. The molecule has 5 rings (SSSR count). The van der Waals surface area contributed by atoms with Crippen molar-refractivity contribution in [1.82, 2.24) is 9.47 Å². The van der Waals surface area contributed by atoms with Gasteiger partial charge in [-0.3, -0.25) is 10.2 Å². The molecule has 1 aromatic heterocycles. The summed E-state index contributed by atoms with van der Waals surface area (Å²) < 4.78 is 36.2. The summed E-state index contributed by atoms with van der Waals surface area (Å²) in [5.41, 5.74) is 4.03. The SMILES string of the molecule is Cc1ccc(OCCn2cc(/C=C3/C(=N)N4C(=NC3=O)SN=C4S(C)(=O)=O)c3ccccc32)cc1C. The average Bonchev–Trinajstić information content (AvgIpc) is 3.41. The molecule has 0 saturated heterocycles. The zero-order chi connectivity index (χ0) is 25.6. The maximum absolute atomic E-state index is 12.8. The minimum atomic E-state index is -3.71. The van der Waals surface area contributed by atoms with E-state index in [1.54, 1.807) is 6.08 Å². The van der Waals surface area contributed by atoms with Crippen LogP contribution >= 0.6 is 11.9 Å². The first-order chi connectivity index (χ1) is 17.1. The Balaban J connectivity index is 1.45. The molecule has 0 fully saturated rings. The molecular weight excluding hydrogens is 498 g/mol. The van der Waals surface area contributed by atoms with Crippen molar-refractivity contribution in [1.29, 1.82) is 5.41 Å². The Bertz CT molecular complexity index is 1630. The van der Waals surface area contributed by atoms with Crippen molar-refractivity contribution in [3.8, 4) is 5.75 Å². The van der Waals surface area contributed by atoms with Gasteiger partial charge in [0.15, 0.2) is 0 Å². The van der Waals surface area contributed by atoms with Gasteiger partial charge in [-0.1, -0.05) is 24.3 Å². The molecule has 1 amide bonds. The summed E-state index contributed by atoms with van der Waals surface area (Å²) in [5.74, 6) is -0.0775. The van der Waals surface area contributed by atoms with Crippen molar-refractivity contribution in [2.45, 2.75) is 20.4 Å². The maximum Gasteiger partial charge on any atom is 0.283 e. The number of amidine groups is 3. The van der Waals surface area contributed by atoms with Crippen LogP contribution in [0.5, 0.6) is 5.75 Å². The standard InChI is InChI=1S/C25H23N5O4S2/c1-15-8-9-18(12-16(15)2)34-11-10-29-14-17(19-6-4-5-7-21(19)29)13-20-22(26)30-24(27-23(20)31)35-28-25(30)36(3,32)33/h4-9,12-14,26H,10-11H2,1-3H3/b20-13-,26-22?. The Kier molecular flexibility index (Phi) is 6.05. The second-order valence-corrected chi connectivity index (χ2v) is 11.2. The number of ether oxygens (including phenoxy) is 1. The Morgan fingerprint density at radius 1 is 1.14 bits per heavy atom. The van der Waals surface area contributed by atoms with E-state index in [1.807, 2.05) is 60.2 Å². The molecule has 1 N–H and O–H groups in total. The summed E-state index contributed by atoms with van der Waals surface area (Å²) in [6, 6.07) is 13.7. The first-order valence-corrected chi connectivity index (χ1v) is 13.8. The lowest BCUT2D eigenvalue weighted by Crippen LogP contribution is -2.45. The molecule has 2 aromatic carbocycles. The van der Waals surface area contributed by atoms with Crippen LogP contribution in [0.1, 0.15) is 16.7 Å². The molecule has 0 bridgehead atoms. The number of amides is 1. The van der Waals surface area contributed by atoms with Crippen LogP contribution in [0.15, 0.2) is 63.6 Å². The second-order valence-electron chi connectivity index (χ2n) is 8.57. The van der Waals surface area contributed by atoms with Gasteiger partial charge >= 0.3 is 0 Å².